The third-order valence-electron chi connectivity index (χ3n) is 2.19. The molecule has 0 aliphatic heterocycles. The molecular weight excluding hydrogens is 178 g/mol. The quantitative estimate of drug-likeness (QED) is 0.759. The molecule has 3 nitrogen and oxygen atoms in total. The second-order valence-corrected chi connectivity index (χ2v) is 3.71. The van der Waals surface area contributed by atoms with Crippen molar-refractivity contribution < 1.29 is 9.15 Å². The molecule has 0 spiro atoms. The number of hydrogen-bond donors (Lipinski definition) is 1. The van der Waals surface area contributed by atoms with Crippen LogP contribution in [0.15, 0.2) is 22.8 Å². The first kappa shape index (κ1) is 11.3. The predicted octanol–water partition coefficient (Wildman–Crippen LogP) is 2.21. The lowest BCUT2D eigenvalue weighted by Gasteiger charge is -2.15. The third-order valence-corrected chi connectivity index (χ3v) is 2.19. The van der Waals surface area contributed by atoms with Crippen molar-refractivity contribution in [2.24, 2.45) is 5.92 Å². The maximum atomic E-state index is 5.29. The lowest BCUT2D eigenvalue weighted by atomic mass is 10.2. The molecule has 1 aromatic heterocycles. The predicted molar refractivity (Wildman–Crippen MR) is 56.2 cm³/mol. The highest BCUT2D eigenvalue weighted by molar-refractivity contribution is 5.02. The molecule has 0 amide bonds. The SMILES string of the molecule is COCC(C)CN[C@@H](C)c1ccco1. The molecular formula is C11H19NO2. The minimum atomic E-state index is 0.268. The van der Waals surface area contributed by atoms with Crippen molar-refractivity contribution >= 4 is 0 Å². The molecule has 0 bridgehead atoms. The first-order valence-electron chi connectivity index (χ1n) is 4.99. The summed E-state index contributed by atoms with van der Waals surface area (Å²) in [7, 11) is 1.73. The molecule has 3 heteroatoms. The molecule has 2 atom stereocenters. The van der Waals surface area contributed by atoms with Gasteiger partial charge in [0.05, 0.1) is 12.3 Å². The molecule has 14 heavy (non-hydrogen) atoms. The third kappa shape index (κ3) is 3.52. The Balaban J connectivity index is 2.24. The Morgan fingerprint density at radius 3 is 2.86 bits per heavy atom. The van der Waals surface area contributed by atoms with Crippen LogP contribution in [0.4, 0.5) is 0 Å². The van der Waals surface area contributed by atoms with Gasteiger partial charge in [0, 0.05) is 20.3 Å². The molecule has 0 aromatic carbocycles. The highest BCUT2D eigenvalue weighted by Crippen LogP contribution is 2.12. The van der Waals surface area contributed by atoms with Gasteiger partial charge in [-0.3, -0.25) is 0 Å². The van der Waals surface area contributed by atoms with Crippen molar-refractivity contribution in [2.75, 3.05) is 20.3 Å². The topological polar surface area (TPSA) is 34.4 Å². The second-order valence-electron chi connectivity index (χ2n) is 3.71. The van der Waals surface area contributed by atoms with Gasteiger partial charge in [0.15, 0.2) is 0 Å². The molecule has 80 valence electrons. The van der Waals surface area contributed by atoms with E-state index in [0.717, 1.165) is 18.9 Å². The van der Waals surface area contributed by atoms with Crippen LogP contribution in [0.2, 0.25) is 0 Å². The van der Waals surface area contributed by atoms with E-state index in [1.165, 1.54) is 0 Å². The fourth-order valence-corrected chi connectivity index (χ4v) is 1.36. The van der Waals surface area contributed by atoms with Crippen LogP contribution in [-0.4, -0.2) is 20.3 Å². The summed E-state index contributed by atoms with van der Waals surface area (Å²) in [6.07, 6.45) is 1.70. The van der Waals surface area contributed by atoms with Gasteiger partial charge in [0.25, 0.3) is 0 Å². The zero-order valence-corrected chi connectivity index (χ0v) is 9.12. The minimum absolute atomic E-state index is 0.268. The summed E-state index contributed by atoms with van der Waals surface area (Å²) in [4.78, 5) is 0. The van der Waals surface area contributed by atoms with Crippen molar-refractivity contribution in [1.82, 2.24) is 5.32 Å². The summed E-state index contributed by atoms with van der Waals surface area (Å²) in [5.74, 6) is 1.51. The van der Waals surface area contributed by atoms with Gasteiger partial charge in [-0.2, -0.15) is 0 Å². The van der Waals surface area contributed by atoms with Gasteiger partial charge in [0.2, 0.25) is 0 Å². The Morgan fingerprint density at radius 1 is 1.50 bits per heavy atom. The Labute approximate surface area is 85.4 Å². The summed E-state index contributed by atoms with van der Waals surface area (Å²) in [5, 5.41) is 3.40. The monoisotopic (exact) mass is 197 g/mol. The van der Waals surface area contributed by atoms with Crippen LogP contribution in [-0.2, 0) is 4.74 Å². The minimum Gasteiger partial charge on any atom is -0.468 e. The van der Waals surface area contributed by atoms with E-state index >= 15 is 0 Å². The molecule has 1 unspecified atom stereocenters. The van der Waals surface area contributed by atoms with Gasteiger partial charge in [-0.1, -0.05) is 6.92 Å². The molecule has 1 rings (SSSR count). The van der Waals surface area contributed by atoms with Gasteiger partial charge in [-0.15, -0.1) is 0 Å². The standard InChI is InChI=1S/C11H19NO2/c1-9(8-13-3)7-12-10(2)11-5-4-6-14-11/h4-6,9-10,12H,7-8H2,1-3H3/t9?,10-/m0/s1. The highest BCUT2D eigenvalue weighted by Gasteiger charge is 2.08. The first-order chi connectivity index (χ1) is 6.74. The molecule has 0 aliphatic carbocycles. The van der Waals surface area contributed by atoms with Gasteiger partial charge in [0.1, 0.15) is 5.76 Å². The fraction of sp³-hybridized carbons (Fsp3) is 0.636. The molecule has 0 saturated heterocycles. The summed E-state index contributed by atoms with van der Waals surface area (Å²) < 4.78 is 10.4. The molecule has 0 fully saturated rings. The van der Waals surface area contributed by atoms with Crippen LogP contribution in [0.1, 0.15) is 25.6 Å². The van der Waals surface area contributed by atoms with Crippen LogP contribution < -0.4 is 5.32 Å². The summed E-state index contributed by atoms with van der Waals surface area (Å²) in [5.41, 5.74) is 0. The maximum Gasteiger partial charge on any atom is 0.120 e. The molecule has 0 aliphatic rings. The van der Waals surface area contributed by atoms with E-state index in [1.54, 1.807) is 13.4 Å². The first-order valence-corrected chi connectivity index (χ1v) is 4.99. The van der Waals surface area contributed by atoms with Crippen LogP contribution in [0, 0.1) is 5.92 Å². The van der Waals surface area contributed by atoms with E-state index in [9.17, 15) is 0 Å². The smallest absolute Gasteiger partial charge is 0.120 e. The average Bonchev–Trinajstić information content (AvgIpc) is 2.67. The lowest BCUT2D eigenvalue weighted by molar-refractivity contribution is 0.156. The Kier molecular flexibility index (Phi) is 4.70. The number of rotatable bonds is 6. The zero-order chi connectivity index (χ0) is 10.4. The largest absolute Gasteiger partial charge is 0.468 e. The van der Waals surface area contributed by atoms with E-state index < -0.39 is 0 Å². The summed E-state index contributed by atoms with van der Waals surface area (Å²) >= 11 is 0. The van der Waals surface area contributed by atoms with Crippen molar-refractivity contribution in [3.8, 4) is 0 Å². The van der Waals surface area contributed by atoms with Gasteiger partial charge < -0.3 is 14.5 Å². The molecule has 1 heterocycles. The molecule has 0 saturated carbocycles. The van der Waals surface area contributed by atoms with E-state index in [1.807, 2.05) is 12.1 Å². The number of nitrogens with one attached hydrogen (secondary N) is 1. The zero-order valence-electron chi connectivity index (χ0n) is 9.12. The molecule has 1 N–H and O–H groups in total. The number of furan rings is 1. The average molecular weight is 197 g/mol. The Hall–Kier alpha value is -0.800. The normalized spacial score (nSPS) is 15.4. The van der Waals surface area contributed by atoms with E-state index in [2.05, 4.69) is 19.2 Å². The van der Waals surface area contributed by atoms with Crippen LogP contribution in [0.3, 0.4) is 0 Å². The van der Waals surface area contributed by atoms with Crippen molar-refractivity contribution in [2.45, 2.75) is 19.9 Å². The van der Waals surface area contributed by atoms with Crippen molar-refractivity contribution in [1.29, 1.82) is 0 Å². The molecule has 0 radical (unpaired) electrons. The van der Waals surface area contributed by atoms with Gasteiger partial charge >= 0.3 is 0 Å². The number of ether oxygens (including phenoxy) is 1. The maximum absolute atomic E-state index is 5.29. The summed E-state index contributed by atoms with van der Waals surface area (Å²) in [6.45, 7) is 5.98. The van der Waals surface area contributed by atoms with E-state index in [4.69, 9.17) is 9.15 Å². The van der Waals surface area contributed by atoms with Crippen molar-refractivity contribution in [3.63, 3.8) is 0 Å². The van der Waals surface area contributed by atoms with E-state index in [-0.39, 0.29) is 6.04 Å². The Bertz CT molecular complexity index is 233. The van der Waals surface area contributed by atoms with Crippen LogP contribution >= 0.6 is 0 Å². The number of hydrogen-bond acceptors (Lipinski definition) is 3. The van der Waals surface area contributed by atoms with Gasteiger partial charge in [-0.05, 0) is 25.0 Å². The van der Waals surface area contributed by atoms with Crippen LogP contribution in [0.5, 0.6) is 0 Å². The van der Waals surface area contributed by atoms with Crippen LogP contribution in [0.25, 0.3) is 0 Å². The highest BCUT2D eigenvalue weighted by atomic mass is 16.5. The molecule has 1 aromatic rings. The lowest BCUT2D eigenvalue weighted by Crippen LogP contribution is -2.26. The number of methoxy groups -OCH3 is 1. The second kappa shape index (κ2) is 5.83. The fourth-order valence-electron chi connectivity index (χ4n) is 1.36. The van der Waals surface area contributed by atoms with Crippen molar-refractivity contribution in [3.05, 3.63) is 24.2 Å². The Morgan fingerprint density at radius 2 is 2.29 bits per heavy atom. The van der Waals surface area contributed by atoms with Gasteiger partial charge in [-0.25, -0.2) is 0 Å². The summed E-state index contributed by atoms with van der Waals surface area (Å²) in [6, 6.07) is 4.16. The van der Waals surface area contributed by atoms with E-state index in [0.29, 0.717) is 5.92 Å².